The van der Waals surface area contributed by atoms with Gasteiger partial charge >= 0.3 is 11.6 Å². The van der Waals surface area contributed by atoms with E-state index in [2.05, 4.69) is 3.85 Å². The topological polar surface area (TPSA) is 67.5 Å². The van der Waals surface area contributed by atoms with Crippen LogP contribution in [-0.2, 0) is 0 Å². The summed E-state index contributed by atoms with van der Waals surface area (Å²) in [6.07, 6.45) is 0. The summed E-state index contributed by atoms with van der Waals surface area (Å²) in [7, 11) is 0. The van der Waals surface area contributed by atoms with E-state index in [4.69, 9.17) is 5.11 Å². The number of carbonyl (C=O) groups is 1. The number of carboxylic acids is 1. The van der Waals surface area contributed by atoms with Crippen LogP contribution in [0, 0.1) is 0 Å². The van der Waals surface area contributed by atoms with Crippen molar-refractivity contribution >= 4 is 27.7 Å². The SMILES string of the molecule is O=C(O)c1cccc2c(=O)osc12. The lowest BCUT2D eigenvalue weighted by Crippen LogP contribution is -1.97. The second kappa shape index (κ2) is 2.70. The van der Waals surface area contributed by atoms with Crippen molar-refractivity contribution in [1.82, 2.24) is 0 Å². The zero-order chi connectivity index (χ0) is 9.42. The van der Waals surface area contributed by atoms with Crippen molar-refractivity contribution in [2.75, 3.05) is 0 Å². The van der Waals surface area contributed by atoms with E-state index in [0.717, 1.165) is 11.6 Å². The van der Waals surface area contributed by atoms with E-state index in [1.807, 2.05) is 0 Å². The maximum absolute atomic E-state index is 11.0. The van der Waals surface area contributed by atoms with Crippen molar-refractivity contribution in [1.29, 1.82) is 0 Å². The summed E-state index contributed by atoms with van der Waals surface area (Å²) >= 11 is 0.801. The van der Waals surface area contributed by atoms with Crippen molar-refractivity contribution in [3.05, 3.63) is 34.2 Å². The molecule has 2 aromatic rings. The van der Waals surface area contributed by atoms with E-state index in [1.54, 1.807) is 6.07 Å². The molecular weight excluding hydrogens is 192 g/mol. The monoisotopic (exact) mass is 196 g/mol. The van der Waals surface area contributed by atoms with Gasteiger partial charge in [0.2, 0.25) is 0 Å². The summed E-state index contributed by atoms with van der Waals surface area (Å²) in [4.78, 5) is 21.7. The van der Waals surface area contributed by atoms with Crippen LogP contribution >= 0.6 is 11.6 Å². The number of benzene rings is 1. The molecule has 0 spiro atoms. The molecule has 0 bridgehead atoms. The fourth-order valence-corrected chi connectivity index (χ4v) is 1.82. The van der Waals surface area contributed by atoms with Crippen LogP contribution in [0.15, 0.2) is 26.8 Å². The summed E-state index contributed by atoms with van der Waals surface area (Å²) in [5.74, 6) is -1.05. The zero-order valence-electron chi connectivity index (χ0n) is 6.31. The molecule has 0 saturated carbocycles. The van der Waals surface area contributed by atoms with E-state index in [1.165, 1.54) is 12.1 Å². The Bertz CT molecular complexity index is 522. The Morgan fingerprint density at radius 3 is 2.92 bits per heavy atom. The normalized spacial score (nSPS) is 10.5. The van der Waals surface area contributed by atoms with Gasteiger partial charge in [-0.15, -0.1) is 0 Å². The molecule has 4 nitrogen and oxygen atoms in total. The minimum atomic E-state index is -1.05. The van der Waals surface area contributed by atoms with Gasteiger partial charge in [0.05, 0.1) is 15.6 Å². The maximum Gasteiger partial charge on any atom is 0.356 e. The molecule has 0 aliphatic carbocycles. The van der Waals surface area contributed by atoms with Crippen LogP contribution in [-0.4, -0.2) is 11.1 Å². The van der Waals surface area contributed by atoms with E-state index in [9.17, 15) is 9.59 Å². The van der Waals surface area contributed by atoms with Crippen molar-refractivity contribution < 1.29 is 13.8 Å². The third-order valence-corrected chi connectivity index (χ3v) is 2.51. The number of fused-ring (bicyclic) bond motifs is 1. The van der Waals surface area contributed by atoms with Gasteiger partial charge in [0.25, 0.3) is 0 Å². The Kier molecular flexibility index (Phi) is 1.66. The van der Waals surface area contributed by atoms with E-state index in [-0.39, 0.29) is 5.56 Å². The molecule has 0 aliphatic rings. The summed E-state index contributed by atoms with van der Waals surface area (Å²) in [5, 5.41) is 9.08. The molecule has 0 radical (unpaired) electrons. The van der Waals surface area contributed by atoms with Gasteiger partial charge in [-0.3, -0.25) is 0 Å². The third kappa shape index (κ3) is 1.13. The largest absolute Gasteiger partial charge is 0.478 e. The van der Waals surface area contributed by atoms with Gasteiger partial charge in [-0.2, -0.15) is 0 Å². The highest BCUT2D eigenvalue weighted by molar-refractivity contribution is 7.11. The molecule has 66 valence electrons. The van der Waals surface area contributed by atoms with Gasteiger partial charge in [-0.05, 0) is 12.1 Å². The fraction of sp³-hybridized carbons (Fsp3) is 0. The van der Waals surface area contributed by atoms with Crippen LogP contribution in [0.3, 0.4) is 0 Å². The molecule has 0 fully saturated rings. The summed E-state index contributed by atoms with van der Waals surface area (Å²) in [5.41, 5.74) is -0.378. The van der Waals surface area contributed by atoms with Gasteiger partial charge in [0.15, 0.2) is 0 Å². The Labute approximate surface area is 76.3 Å². The molecule has 1 aromatic carbocycles. The Balaban J connectivity index is 2.92. The van der Waals surface area contributed by atoms with Crippen molar-refractivity contribution in [2.24, 2.45) is 0 Å². The first kappa shape index (κ1) is 8.00. The van der Waals surface area contributed by atoms with Crippen LogP contribution in [0.2, 0.25) is 0 Å². The average Bonchev–Trinajstić information content (AvgIpc) is 2.48. The molecule has 1 aromatic heterocycles. The van der Waals surface area contributed by atoms with Crippen LogP contribution in [0.4, 0.5) is 0 Å². The molecule has 1 N–H and O–H groups in total. The first-order valence-electron chi connectivity index (χ1n) is 3.45. The Hall–Kier alpha value is -1.62. The number of rotatable bonds is 1. The van der Waals surface area contributed by atoms with Gasteiger partial charge in [0, 0.05) is 11.6 Å². The fourth-order valence-electron chi connectivity index (χ4n) is 1.08. The van der Waals surface area contributed by atoms with E-state index in [0.29, 0.717) is 10.1 Å². The molecule has 0 aliphatic heterocycles. The summed E-state index contributed by atoms with van der Waals surface area (Å²) in [6.45, 7) is 0. The molecule has 0 unspecified atom stereocenters. The number of aromatic carboxylic acids is 1. The van der Waals surface area contributed by atoms with Crippen molar-refractivity contribution in [3.8, 4) is 0 Å². The van der Waals surface area contributed by atoms with Gasteiger partial charge in [0.1, 0.15) is 0 Å². The predicted octanol–water partition coefficient (Wildman–Crippen LogP) is 1.55. The smallest absolute Gasteiger partial charge is 0.356 e. The highest BCUT2D eigenvalue weighted by Gasteiger charge is 2.12. The predicted molar refractivity (Wildman–Crippen MR) is 47.3 cm³/mol. The number of carboxylic acid groups (broad SMARTS) is 1. The number of hydrogen-bond donors (Lipinski definition) is 1. The average molecular weight is 196 g/mol. The zero-order valence-corrected chi connectivity index (χ0v) is 7.13. The van der Waals surface area contributed by atoms with E-state index >= 15 is 0 Å². The maximum atomic E-state index is 11.0. The van der Waals surface area contributed by atoms with Crippen molar-refractivity contribution in [3.63, 3.8) is 0 Å². The highest BCUT2D eigenvalue weighted by atomic mass is 32.1. The third-order valence-electron chi connectivity index (χ3n) is 1.67. The Morgan fingerprint density at radius 2 is 2.23 bits per heavy atom. The van der Waals surface area contributed by atoms with Crippen LogP contribution in [0.1, 0.15) is 10.4 Å². The first-order chi connectivity index (χ1) is 6.20. The minimum Gasteiger partial charge on any atom is -0.478 e. The Morgan fingerprint density at radius 1 is 1.46 bits per heavy atom. The minimum absolute atomic E-state index is 0.105. The highest BCUT2D eigenvalue weighted by Crippen LogP contribution is 2.20. The standard InChI is InChI=1S/C8H4O4S/c9-7(10)4-2-1-3-5-6(4)13-12-8(5)11/h1-3H,(H,9,10). The molecule has 0 atom stereocenters. The van der Waals surface area contributed by atoms with Crippen LogP contribution in [0.5, 0.6) is 0 Å². The molecule has 0 saturated heterocycles. The molecule has 0 amide bonds. The molecule has 5 heteroatoms. The molecular formula is C8H4O4S. The first-order valence-corrected chi connectivity index (χ1v) is 4.19. The van der Waals surface area contributed by atoms with Gasteiger partial charge in [-0.25, -0.2) is 9.59 Å². The second-order valence-electron chi connectivity index (χ2n) is 2.44. The molecule has 1 heterocycles. The molecule has 2 rings (SSSR count). The quantitative estimate of drug-likeness (QED) is 0.751. The summed E-state index contributed by atoms with van der Waals surface area (Å²) in [6, 6.07) is 4.51. The van der Waals surface area contributed by atoms with Crippen LogP contribution in [0.25, 0.3) is 10.1 Å². The second-order valence-corrected chi connectivity index (χ2v) is 3.18. The lowest BCUT2D eigenvalue weighted by atomic mass is 10.2. The van der Waals surface area contributed by atoms with E-state index < -0.39 is 11.6 Å². The van der Waals surface area contributed by atoms with Gasteiger partial charge in [-0.1, -0.05) is 6.07 Å². The lowest BCUT2D eigenvalue weighted by Gasteiger charge is -1.91. The van der Waals surface area contributed by atoms with Gasteiger partial charge < -0.3 is 8.96 Å². The van der Waals surface area contributed by atoms with Crippen molar-refractivity contribution in [2.45, 2.75) is 0 Å². The molecule has 13 heavy (non-hydrogen) atoms. The van der Waals surface area contributed by atoms with Crippen LogP contribution < -0.4 is 5.63 Å². The number of hydrogen-bond acceptors (Lipinski definition) is 4. The lowest BCUT2D eigenvalue weighted by molar-refractivity contribution is 0.0699. The summed E-state index contributed by atoms with van der Waals surface area (Å²) < 4.78 is 5.02.